The van der Waals surface area contributed by atoms with Gasteiger partial charge in [-0.25, -0.2) is 14.6 Å². The van der Waals surface area contributed by atoms with Crippen LogP contribution in [0.25, 0.3) is 49.3 Å². The number of imidazole rings is 1. The topological polar surface area (TPSA) is 158 Å². The smallest absolute Gasteiger partial charge is 0.407 e. The fourth-order valence-corrected chi connectivity index (χ4v) is 13.0. The first-order valence-corrected chi connectivity index (χ1v) is 25.4. The van der Waals surface area contributed by atoms with Gasteiger partial charge in [-0.15, -0.1) is 0 Å². The second-order valence-electron chi connectivity index (χ2n) is 18.7. The molecule has 4 amide bonds. The highest BCUT2D eigenvalue weighted by Crippen LogP contribution is 2.42. The molecule has 0 bridgehead atoms. The van der Waals surface area contributed by atoms with Crippen LogP contribution < -0.4 is 10.6 Å². The number of ether oxygens (including phenoxy) is 2. The van der Waals surface area contributed by atoms with E-state index in [9.17, 15) is 19.2 Å². The van der Waals surface area contributed by atoms with Crippen LogP contribution >= 0.6 is 27.0 Å². The highest BCUT2D eigenvalue weighted by Gasteiger charge is 2.48. The fourth-order valence-electron chi connectivity index (χ4n) is 10.1. The average Bonchev–Trinajstić information content (AvgIpc) is 4.09. The van der Waals surface area contributed by atoms with Crippen molar-refractivity contribution in [3.05, 3.63) is 84.3 Å². The molecule has 4 heterocycles. The van der Waals surface area contributed by atoms with Gasteiger partial charge < -0.3 is 34.9 Å². The summed E-state index contributed by atoms with van der Waals surface area (Å²) in [7, 11) is 0.903. The van der Waals surface area contributed by atoms with Gasteiger partial charge in [0.1, 0.15) is 17.9 Å². The normalized spacial score (nSPS) is 21.1. The van der Waals surface area contributed by atoms with Crippen LogP contribution in [0.1, 0.15) is 62.4 Å². The number of carbonyl (C=O) groups excluding carboxylic acids is 4. The molecular weight excluding hydrogens is 863 g/mol. The standard InChI is InChI=1S/C48H53N7O6Si.2H2S/c1-60-47(58)52-41(27-7-8-27)45(56)54-19-5-6-39(54)38-23-35(24-49-38)33-14-13-29-20-30(11-12-31(29)21-33)32-15-17-36-34(22-32)16-18-37-43(36)51-44(50-37)40-25-62(3,4)26-55(40)46(57)42(28-9-10-28)53-48(59)61-2;;/h11-18,20-22,24,27-28,39-42H,5-10,19,23,25-26H2,1-4H3,(H,50,51)(H,52,58)(H,53,59);2*1H2/t39-,40-,41-,42-;;/m0../s1. The van der Waals surface area contributed by atoms with E-state index in [0.717, 1.165) is 111 Å². The third-order valence-electron chi connectivity index (χ3n) is 13.7. The Kier molecular flexibility index (Phi) is 12.7. The molecule has 10 rings (SSSR count). The number of aliphatic imine (C=N–C) groups is 1. The van der Waals surface area contributed by atoms with E-state index in [1.165, 1.54) is 14.2 Å². The number of aromatic amines is 1. The van der Waals surface area contributed by atoms with E-state index in [2.05, 4.69) is 95.4 Å². The molecule has 0 radical (unpaired) electrons. The van der Waals surface area contributed by atoms with Crippen molar-refractivity contribution < 1.29 is 28.7 Å². The summed E-state index contributed by atoms with van der Waals surface area (Å²) in [6.45, 7) is 5.29. The summed E-state index contributed by atoms with van der Waals surface area (Å²) in [5.41, 5.74) is 7.31. The lowest BCUT2D eigenvalue weighted by Gasteiger charge is -2.29. The van der Waals surface area contributed by atoms with Crippen LogP contribution in [0.5, 0.6) is 0 Å². The van der Waals surface area contributed by atoms with Gasteiger partial charge in [-0.2, -0.15) is 27.0 Å². The summed E-state index contributed by atoms with van der Waals surface area (Å²) in [5, 5.41) is 10.0. The quantitative estimate of drug-likeness (QED) is 0.119. The van der Waals surface area contributed by atoms with E-state index >= 15 is 0 Å². The minimum Gasteiger partial charge on any atom is -0.453 e. The van der Waals surface area contributed by atoms with Crippen molar-refractivity contribution in [3.8, 4) is 11.1 Å². The number of carbonyl (C=O) groups is 4. The van der Waals surface area contributed by atoms with Gasteiger partial charge in [0.25, 0.3) is 0 Å². The van der Waals surface area contributed by atoms with Gasteiger partial charge >= 0.3 is 12.2 Å². The number of hydrogen-bond acceptors (Lipinski definition) is 8. The Morgan fingerprint density at radius 3 is 1.95 bits per heavy atom. The fraction of sp³-hybridized carbons (Fsp3) is 0.417. The van der Waals surface area contributed by atoms with Gasteiger partial charge in [0.05, 0.1) is 45.4 Å². The van der Waals surface area contributed by atoms with Gasteiger partial charge in [0, 0.05) is 36.4 Å². The van der Waals surface area contributed by atoms with Crippen molar-refractivity contribution >= 4 is 103 Å². The Bertz CT molecular complexity index is 2730. The molecule has 336 valence electrons. The second-order valence-corrected chi connectivity index (χ2v) is 23.7. The number of allylic oxidation sites excluding steroid dienone is 1. The van der Waals surface area contributed by atoms with E-state index in [-0.39, 0.29) is 62.7 Å². The molecule has 16 heteroatoms. The number of H-pyrrole nitrogens is 1. The number of aromatic nitrogens is 2. The third kappa shape index (κ3) is 8.75. The zero-order chi connectivity index (χ0) is 42.9. The third-order valence-corrected chi connectivity index (χ3v) is 16.4. The predicted molar refractivity (Wildman–Crippen MR) is 263 cm³/mol. The molecule has 0 unspecified atom stereocenters. The number of benzene rings is 4. The number of amides is 4. The Balaban J connectivity index is 0.00000280. The van der Waals surface area contributed by atoms with Crippen LogP contribution in [0.2, 0.25) is 19.1 Å². The number of likely N-dealkylation sites (tertiary alicyclic amines) is 1. The van der Waals surface area contributed by atoms with Crippen LogP contribution in [0.3, 0.4) is 0 Å². The maximum Gasteiger partial charge on any atom is 0.407 e. The molecule has 1 aromatic heterocycles. The lowest BCUT2D eigenvalue weighted by Crippen LogP contribution is -2.52. The number of methoxy groups -OCH3 is 2. The van der Waals surface area contributed by atoms with E-state index in [0.29, 0.717) is 19.1 Å². The van der Waals surface area contributed by atoms with Crippen LogP contribution in [0, 0.1) is 11.8 Å². The van der Waals surface area contributed by atoms with Crippen molar-refractivity contribution in [1.29, 1.82) is 0 Å². The first-order chi connectivity index (χ1) is 30.0. The number of fused-ring (bicyclic) bond motifs is 4. The van der Waals surface area contributed by atoms with E-state index in [1.807, 2.05) is 16.0 Å². The molecule has 2 saturated heterocycles. The maximum absolute atomic E-state index is 14.1. The first kappa shape index (κ1) is 45.3. The zero-order valence-electron chi connectivity index (χ0n) is 36.7. The van der Waals surface area contributed by atoms with Crippen molar-refractivity contribution in [2.75, 3.05) is 26.9 Å². The van der Waals surface area contributed by atoms with Gasteiger partial charge in [-0.1, -0.05) is 55.6 Å². The molecular formula is C48H57N7O6S2Si. The Labute approximate surface area is 387 Å². The van der Waals surface area contributed by atoms with Crippen molar-refractivity contribution in [2.45, 2.75) is 88.3 Å². The van der Waals surface area contributed by atoms with Gasteiger partial charge in [0.15, 0.2) is 0 Å². The Morgan fingerprint density at radius 2 is 1.31 bits per heavy atom. The molecule has 4 aromatic carbocycles. The van der Waals surface area contributed by atoms with Crippen LogP contribution in [-0.4, -0.2) is 103 Å². The van der Waals surface area contributed by atoms with Crippen molar-refractivity contribution in [1.82, 2.24) is 30.4 Å². The van der Waals surface area contributed by atoms with Gasteiger partial charge in [-0.3, -0.25) is 14.6 Å². The Hall–Kier alpha value is -5.32. The summed E-state index contributed by atoms with van der Waals surface area (Å²) in [4.78, 5) is 69.5. The molecule has 3 N–H and O–H groups in total. The minimum atomic E-state index is -1.75. The van der Waals surface area contributed by atoms with Crippen LogP contribution in [-0.2, 0) is 19.1 Å². The van der Waals surface area contributed by atoms with Gasteiger partial charge in [-0.05, 0) is 119 Å². The molecule has 13 nitrogen and oxygen atoms in total. The van der Waals surface area contributed by atoms with E-state index in [4.69, 9.17) is 19.5 Å². The molecule has 64 heavy (non-hydrogen) atoms. The van der Waals surface area contributed by atoms with Crippen molar-refractivity contribution in [2.24, 2.45) is 16.8 Å². The molecule has 5 aliphatic rings. The van der Waals surface area contributed by atoms with E-state index in [1.54, 1.807) is 0 Å². The highest BCUT2D eigenvalue weighted by atomic mass is 32.1. The average molecular weight is 920 g/mol. The molecule has 0 spiro atoms. The molecule has 2 saturated carbocycles. The number of rotatable bonds is 10. The second kappa shape index (κ2) is 17.9. The van der Waals surface area contributed by atoms with Crippen LogP contribution in [0.4, 0.5) is 9.59 Å². The number of nitrogens with zero attached hydrogens (tertiary/aromatic N) is 4. The number of alkyl carbamates (subject to hydrolysis) is 2. The summed E-state index contributed by atoms with van der Waals surface area (Å²) < 4.78 is 9.69. The Morgan fingerprint density at radius 1 is 0.734 bits per heavy atom. The minimum absolute atomic E-state index is 0. The maximum atomic E-state index is 14.1. The summed E-state index contributed by atoms with van der Waals surface area (Å²) in [5.74, 6) is 1.02. The largest absolute Gasteiger partial charge is 0.453 e. The monoisotopic (exact) mass is 919 g/mol. The van der Waals surface area contributed by atoms with Crippen molar-refractivity contribution in [3.63, 3.8) is 0 Å². The predicted octanol–water partition coefficient (Wildman–Crippen LogP) is 8.34. The molecule has 5 aromatic rings. The molecule has 3 aliphatic heterocycles. The van der Waals surface area contributed by atoms with E-state index < -0.39 is 32.3 Å². The lowest BCUT2D eigenvalue weighted by atomic mass is 9.94. The van der Waals surface area contributed by atoms with Crippen LogP contribution in [0.15, 0.2) is 77.9 Å². The number of nitrogens with one attached hydrogen (secondary N) is 3. The molecule has 4 fully saturated rings. The number of hydrogen-bond donors (Lipinski definition) is 3. The van der Waals surface area contributed by atoms with Gasteiger partial charge in [0.2, 0.25) is 11.8 Å². The first-order valence-electron chi connectivity index (χ1n) is 22.0. The zero-order valence-corrected chi connectivity index (χ0v) is 39.7. The summed E-state index contributed by atoms with van der Waals surface area (Å²) in [6.07, 6.45) is 7.69. The highest BCUT2D eigenvalue weighted by molar-refractivity contribution is 7.59. The lowest BCUT2D eigenvalue weighted by molar-refractivity contribution is -0.135. The summed E-state index contributed by atoms with van der Waals surface area (Å²) >= 11 is 0. The SMILES string of the molecule is COC(=O)N[C@H](C(=O)N1CCC[C@H]1C1=NC=C(c2ccc3cc(-c4ccc5c(ccc6[nH]c([C@@H]7C[Si](C)(C)CN7C(=O)[C@@H](NC(=O)OC)C7CC7)nc65)c4)ccc3c2)C1)C1CC1.S.S. The molecule has 2 aliphatic carbocycles. The molecule has 4 atom stereocenters. The summed E-state index contributed by atoms with van der Waals surface area (Å²) in [6, 6.07) is 23.4.